The smallest absolute Gasteiger partial charge is 0.310 e. The van der Waals surface area contributed by atoms with Crippen molar-refractivity contribution in [3.05, 3.63) is 50.5 Å². The molecule has 0 fully saturated rings. The van der Waals surface area contributed by atoms with Crippen LogP contribution < -0.4 is 10.4 Å². The maximum absolute atomic E-state index is 11.2. The monoisotopic (exact) mass is 434 g/mol. The first-order valence-corrected chi connectivity index (χ1v) is 10.5. The predicted octanol–water partition coefficient (Wildman–Crippen LogP) is 3.85. The maximum atomic E-state index is 11.2. The van der Waals surface area contributed by atoms with Crippen LogP contribution in [0.5, 0.6) is 0 Å². The van der Waals surface area contributed by atoms with Crippen molar-refractivity contribution in [1.29, 1.82) is 0 Å². The fourth-order valence-electron chi connectivity index (χ4n) is 3.48. The standard InChI is InChI=1S/C20H26N4O3S2/c1-13(19(25)26)14-5-6-17-15(10-14)4-2-8-24(17)9-3-7-21-27-12-16-11-18(28)23-20(29)22-16/h5-6,10-11,13,21H,2-4,7-9,12H2,1H3,(H,25,26)(H2,22,23,28,29). The van der Waals surface area contributed by atoms with Gasteiger partial charge in [-0.05, 0) is 61.7 Å². The molecule has 29 heavy (non-hydrogen) atoms. The molecular weight excluding hydrogens is 408 g/mol. The van der Waals surface area contributed by atoms with E-state index in [4.69, 9.17) is 29.3 Å². The van der Waals surface area contributed by atoms with Crippen LogP contribution in [0.1, 0.15) is 42.5 Å². The molecule has 0 spiro atoms. The fraction of sp³-hybridized carbons (Fsp3) is 0.450. The van der Waals surface area contributed by atoms with Crippen molar-refractivity contribution in [1.82, 2.24) is 15.4 Å². The number of carboxylic acids is 1. The Morgan fingerprint density at radius 1 is 1.34 bits per heavy atom. The molecule has 1 aromatic heterocycles. The lowest BCUT2D eigenvalue weighted by Crippen LogP contribution is -2.32. The largest absolute Gasteiger partial charge is 0.481 e. The Kier molecular flexibility index (Phi) is 7.54. The average Bonchev–Trinajstić information content (AvgIpc) is 2.68. The van der Waals surface area contributed by atoms with E-state index in [1.165, 1.54) is 11.3 Å². The average molecular weight is 435 g/mol. The van der Waals surface area contributed by atoms with Gasteiger partial charge in [0.15, 0.2) is 4.77 Å². The molecule has 1 aliphatic heterocycles. The van der Waals surface area contributed by atoms with Crippen molar-refractivity contribution in [3.63, 3.8) is 0 Å². The van der Waals surface area contributed by atoms with Crippen molar-refractivity contribution in [3.8, 4) is 0 Å². The van der Waals surface area contributed by atoms with Crippen LogP contribution in [-0.2, 0) is 22.7 Å². The number of aryl methyl sites for hydroxylation is 1. The maximum Gasteiger partial charge on any atom is 0.310 e. The summed E-state index contributed by atoms with van der Waals surface area (Å²) >= 11 is 10.2. The number of carbonyl (C=O) groups is 1. The number of nitrogens with zero attached hydrogens (tertiary/aromatic N) is 1. The van der Waals surface area contributed by atoms with Crippen molar-refractivity contribution in [2.45, 2.75) is 38.7 Å². The number of aromatic amines is 2. The third-order valence-corrected chi connectivity index (χ3v) is 5.47. The summed E-state index contributed by atoms with van der Waals surface area (Å²) in [5, 5.41) is 9.24. The number of carboxylic acid groups (broad SMARTS) is 1. The number of H-pyrrole nitrogens is 2. The first-order chi connectivity index (χ1) is 13.9. The minimum atomic E-state index is -0.789. The van der Waals surface area contributed by atoms with E-state index in [0.29, 0.717) is 16.0 Å². The molecule has 2 aromatic rings. The SMILES string of the molecule is CC(C(=O)O)c1ccc2c(c1)CCCN2CCCNOCc1cc(=S)[nH]c(=S)[nH]1. The van der Waals surface area contributed by atoms with Crippen LogP contribution in [0.2, 0.25) is 0 Å². The summed E-state index contributed by atoms with van der Waals surface area (Å²) in [4.78, 5) is 24.9. The zero-order chi connectivity index (χ0) is 20.8. The molecular formula is C20H26N4O3S2. The first-order valence-electron chi connectivity index (χ1n) is 9.72. The molecule has 1 unspecified atom stereocenters. The zero-order valence-electron chi connectivity index (χ0n) is 16.4. The summed E-state index contributed by atoms with van der Waals surface area (Å²) in [5.41, 5.74) is 7.12. The zero-order valence-corrected chi connectivity index (χ0v) is 18.0. The van der Waals surface area contributed by atoms with Gasteiger partial charge in [-0.3, -0.25) is 9.63 Å². The van der Waals surface area contributed by atoms with Gasteiger partial charge in [-0.15, -0.1) is 0 Å². The molecule has 1 aliphatic rings. The van der Waals surface area contributed by atoms with Gasteiger partial charge in [-0.1, -0.05) is 24.4 Å². The van der Waals surface area contributed by atoms with Gasteiger partial charge in [0.1, 0.15) is 11.2 Å². The molecule has 0 aliphatic carbocycles. The van der Waals surface area contributed by atoms with Crippen LogP contribution in [0.15, 0.2) is 24.3 Å². The number of anilines is 1. The van der Waals surface area contributed by atoms with Gasteiger partial charge >= 0.3 is 5.97 Å². The van der Waals surface area contributed by atoms with Gasteiger partial charge in [0.05, 0.1) is 5.92 Å². The number of hydrogen-bond donors (Lipinski definition) is 4. The molecule has 9 heteroatoms. The van der Waals surface area contributed by atoms with E-state index < -0.39 is 11.9 Å². The van der Waals surface area contributed by atoms with Crippen molar-refractivity contribution in [2.75, 3.05) is 24.5 Å². The van der Waals surface area contributed by atoms with Crippen LogP contribution in [0.3, 0.4) is 0 Å². The van der Waals surface area contributed by atoms with Crippen LogP contribution >= 0.6 is 24.4 Å². The molecule has 0 amide bonds. The number of rotatable bonds is 9. The number of aliphatic carboxylic acids is 1. The normalized spacial score (nSPS) is 14.4. The van der Waals surface area contributed by atoms with Gasteiger partial charge in [0, 0.05) is 31.0 Å². The quantitative estimate of drug-likeness (QED) is 0.271. The highest BCUT2D eigenvalue weighted by Gasteiger charge is 2.20. The molecule has 4 N–H and O–H groups in total. The highest BCUT2D eigenvalue weighted by atomic mass is 32.1. The van der Waals surface area contributed by atoms with E-state index in [1.807, 2.05) is 6.07 Å². The van der Waals surface area contributed by atoms with Crippen molar-refractivity contribution in [2.24, 2.45) is 0 Å². The van der Waals surface area contributed by atoms with E-state index in [2.05, 4.69) is 32.5 Å². The molecule has 1 aromatic carbocycles. The minimum Gasteiger partial charge on any atom is -0.481 e. The Morgan fingerprint density at radius 2 is 2.17 bits per heavy atom. The van der Waals surface area contributed by atoms with Gasteiger partial charge in [0.25, 0.3) is 0 Å². The molecule has 1 atom stereocenters. The Bertz CT molecular complexity index is 944. The Hall–Kier alpha value is -2.07. The fourth-order valence-corrected chi connectivity index (χ4v) is 4.03. The number of hydrogen-bond acceptors (Lipinski definition) is 6. The molecule has 2 heterocycles. The lowest BCUT2D eigenvalue weighted by Gasteiger charge is -2.32. The third kappa shape index (κ3) is 5.96. The Labute approximate surface area is 180 Å². The summed E-state index contributed by atoms with van der Waals surface area (Å²) in [6.45, 7) is 4.74. The lowest BCUT2D eigenvalue weighted by molar-refractivity contribution is -0.138. The molecule has 0 saturated carbocycles. The highest BCUT2D eigenvalue weighted by molar-refractivity contribution is 7.72. The number of fused-ring (bicyclic) bond motifs is 1. The van der Waals surface area contributed by atoms with Crippen LogP contribution in [0.4, 0.5) is 5.69 Å². The van der Waals surface area contributed by atoms with E-state index in [0.717, 1.165) is 50.2 Å². The molecule has 0 saturated heterocycles. The summed E-state index contributed by atoms with van der Waals surface area (Å²) in [6.07, 6.45) is 3.00. The van der Waals surface area contributed by atoms with Crippen LogP contribution in [-0.4, -0.2) is 40.7 Å². The van der Waals surface area contributed by atoms with Crippen LogP contribution in [0.25, 0.3) is 0 Å². The summed E-state index contributed by atoms with van der Waals surface area (Å²) in [5.74, 6) is -1.27. The molecule has 0 bridgehead atoms. The minimum absolute atomic E-state index is 0.360. The molecule has 3 rings (SSSR count). The van der Waals surface area contributed by atoms with Crippen molar-refractivity contribution < 1.29 is 14.7 Å². The second kappa shape index (κ2) is 10.1. The first kappa shape index (κ1) is 21.6. The van der Waals surface area contributed by atoms with Gasteiger partial charge in [-0.2, -0.15) is 0 Å². The number of hydroxylamine groups is 1. The van der Waals surface area contributed by atoms with E-state index in [1.54, 1.807) is 13.0 Å². The van der Waals surface area contributed by atoms with E-state index in [-0.39, 0.29) is 0 Å². The topological polar surface area (TPSA) is 93.4 Å². The van der Waals surface area contributed by atoms with E-state index in [9.17, 15) is 9.90 Å². The van der Waals surface area contributed by atoms with Crippen molar-refractivity contribution >= 4 is 36.1 Å². The summed E-state index contributed by atoms with van der Waals surface area (Å²) in [6, 6.07) is 7.84. The second-order valence-corrected chi connectivity index (χ2v) is 8.04. The highest BCUT2D eigenvalue weighted by Crippen LogP contribution is 2.30. The third-order valence-electron chi connectivity index (χ3n) is 5.04. The number of benzene rings is 1. The lowest BCUT2D eigenvalue weighted by atomic mass is 9.94. The van der Waals surface area contributed by atoms with Gasteiger partial charge < -0.3 is 20.0 Å². The summed E-state index contributed by atoms with van der Waals surface area (Å²) < 4.78 is 1.07. The number of aromatic nitrogens is 2. The van der Waals surface area contributed by atoms with Crippen LogP contribution in [0, 0.1) is 9.41 Å². The molecule has 156 valence electrons. The molecule has 0 radical (unpaired) electrons. The predicted molar refractivity (Wildman–Crippen MR) is 117 cm³/mol. The molecule has 7 nitrogen and oxygen atoms in total. The number of nitrogens with one attached hydrogen (secondary N) is 3. The Balaban J connectivity index is 1.46. The summed E-state index contributed by atoms with van der Waals surface area (Å²) in [7, 11) is 0. The van der Waals surface area contributed by atoms with E-state index >= 15 is 0 Å². The van der Waals surface area contributed by atoms with Gasteiger partial charge in [-0.25, -0.2) is 5.48 Å². The Morgan fingerprint density at radius 3 is 2.93 bits per heavy atom. The van der Waals surface area contributed by atoms with Gasteiger partial charge in [0.2, 0.25) is 0 Å². The second-order valence-electron chi connectivity index (χ2n) is 7.19.